The van der Waals surface area contributed by atoms with Crippen LogP contribution in [-0.4, -0.2) is 60.0 Å². The Balaban J connectivity index is 1.17. The highest BCUT2D eigenvalue weighted by Gasteiger charge is 2.22. The Bertz CT molecular complexity index is 1160. The number of thiazole rings is 1. The monoisotopic (exact) mass is 494 g/mol. The summed E-state index contributed by atoms with van der Waals surface area (Å²) < 4.78 is 19.2. The van der Waals surface area contributed by atoms with Gasteiger partial charge in [0, 0.05) is 61.8 Å². The van der Waals surface area contributed by atoms with Crippen LogP contribution in [0.4, 0.5) is 10.1 Å². The predicted octanol–water partition coefficient (Wildman–Crippen LogP) is 4.27. The molecule has 0 N–H and O–H groups in total. The molecule has 3 heterocycles. The molecule has 2 aliphatic rings. The number of amides is 1. The lowest BCUT2D eigenvalue weighted by Crippen LogP contribution is -2.45. The Morgan fingerprint density at radius 2 is 1.89 bits per heavy atom. The smallest absolute Gasteiger partial charge is 0.223 e. The van der Waals surface area contributed by atoms with E-state index in [4.69, 9.17) is 4.74 Å². The highest BCUT2D eigenvalue weighted by molar-refractivity contribution is 7.09. The second-order valence-electron chi connectivity index (χ2n) is 9.21. The van der Waals surface area contributed by atoms with Crippen LogP contribution in [0.15, 0.2) is 48.0 Å². The van der Waals surface area contributed by atoms with Crippen LogP contribution in [0.5, 0.6) is 5.75 Å². The van der Waals surface area contributed by atoms with Crippen LogP contribution in [0.25, 0.3) is 0 Å². The van der Waals surface area contributed by atoms with Crippen LogP contribution in [0, 0.1) is 12.7 Å². The fourth-order valence-electron chi connectivity index (χ4n) is 4.78. The molecule has 1 aromatic heterocycles. The highest BCUT2D eigenvalue weighted by atomic mass is 32.1. The number of carbonyl (C=O) groups excluding carboxylic acids is 1. The molecule has 2 aromatic carbocycles. The first-order valence-corrected chi connectivity index (χ1v) is 13.1. The molecule has 1 amide bonds. The first-order valence-electron chi connectivity index (χ1n) is 12.2. The van der Waals surface area contributed by atoms with E-state index in [0.717, 1.165) is 61.8 Å². The van der Waals surface area contributed by atoms with Crippen molar-refractivity contribution in [2.75, 3.05) is 44.2 Å². The van der Waals surface area contributed by atoms with E-state index in [0.29, 0.717) is 26.1 Å². The van der Waals surface area contributed by atoms with Gasteiger partial charge in [0.25, 0.3) is 0 Å². The minimum atomic E-state index is -0.199. The Morgan fingerprint density at radius 3 is 2.63 bits per heavy atom. The third-order valence-electron chi connectivity index (χ3n) is 6.84. The molecule has 6 nitrogen and oxygen atoms in total. The van der Waals surface area contributed by atoms with Crippen LogP contribution in [0.2, 0.25) is 0 Å². The summed E-state index contributed by atoms with van der Waals surface area (Å²) >= 11 is 1.62. The third kappa shape index (κ3) is 5.82. The van der Waals surface area contributed by atoms with Gasteiger partial charge in [0.05, 0.1) is 17.7 Å². The van der Waals surface area contributed by atoms with Crippen LogP contribution in [0.1, 0.15) is 28.1 Å². The van der Waals surface area contributed by atoms with Gasteiger partial charge in [0.2, 0.25) is 5.91 Å². The van der Waals surface area contributed by atoms with Crippen molar-refractivity contribution < 1.29 is 13.9 Å². The van der Waals surface area contributed by atoms with E-state index in [2.05, 4.69) is 26.9 Å². The molecule has 1 saturated heterocycles. The summed E-state index contributed by atoms with van der Waals surface area (Å²) in [4.78, 5) is 25.1. The van der Waals surface area contributed by atoms with E-state index in [9.17, 15) is 9.18 Å². The minimum absolute atomic E-state index is 0.163. The van der Waals surface area contributed by atoms with Gasteiger partial charge in [-0.1, -0.05) is 6.07 Å². The maximum Gasteiger partial charge on any atom is 0.223 e. The topological polar surface area (TPSA) is 48.9 Å². The normalized spacial score (nSPS) is 16.5. The fourth-order valence-corrected chi connectivity index (χ4v) is 5.56. The number of ether oxygens (including phenoxy) is 1. The van der Waals surface area contributed by atoms with E-state index in [-0.39, 0.29) is 11.7 Å². The molecular weight excluding hydrogens is 463 g/mol. The van der Waals surface area contributed by atoms with Crippen molar-refractivity contribution in [2.45, 2.75) is 32.9 Å². The Labute approximate surface area is 209 Å². The van der Waals surface area contributed by atoms with Crippen molar-refractivity contribution in [3.63, 3.8) is 0 Å². The number of carbonyl (C=O) groups is 1. The van der Waals surface area contributed by atoms with Crippen LogP contribution >= 0.6 is 11.3 Å². The van der Waals surface area contributed by atoms with Crippen LogP contribution in [0.3, 0.4) is 0 Å². The van der Waals surface area contributed by atoms with Crippen LogP contribution < -0.4 is 9.64 Å². The van der Waals surface area contributed by atoms with E-state index >= 15 is 0 Å². The van der Waals surface area contributed by atoms with Crippen LogP contribution in [-0.2, 0) is 24.3 Å². The molecule has 0 atom stereocenters. The number of aromatic nitrogens is 1. The van der Waals surface area contributed by atoms with Gasteiger partial charge in [0.1, 0.15) is 18.2 Å². The van der Waals surface area contributed by atoms with Gasteiger partial charge in [-0.3, -0.25) is 9.69 Å². The molecule has 0 saturated carbocycles. The zero-order valence-corrected chi connectivity index (χ0v) is 20.9. The summed E-state index contributed by atoms with van der Waals surface area (Å²) in [6, 6.07) is 13.1. The highest BCUT2D eigenvalue weighted by Crippen LogP contribution is 2.26. The van der Waals surface area contributed by atoms with Crippen molar-refractivity contribution in [3.05, 3.63) is 75.5 Å². The van der Waals surface area contributed by atoms with Crippen molar-refractivity contribution in [2.24, 2.45) is 0 Å². The molecule has 35 heavy (non-hydrogen) atoms. The zero-order valence-electron chi connectivity index (χ0n) is 20.1. The summed E-state index contributed by atoms with van der Waals surface area (Å²) in [7, 11) is 0. The summed E-state index contributed by atoms with van der Waals surface area (Å²) in [6.07, 6.45) is 1.24. The minimum Gasteiger partial charge on any atom is -0.491 e. The lowest BCUT2D eigenvalue weighted by Gasteiger charge is -2.36. The lowest BCUT2D eigenvalue weighted by atomic mass is 10.1. The molecule has 1 fully saturated rings. The summed E-state index contributed by atoms with van der Waals surface area (Å²) in [5, 5.41) is 0. The van der Waals surface area contributed by atoms with Gasteiger partial charge in [-0.2, -0.15) is 0 Å². The maximum atomic E-state index is 13.2. The predicted molar refractivity (Wildman–Crippen MR) is 136 cm³/mol. The molecule has 184 valence electrons. The first kappa shape index (κ1) is 23.8. The number of halogens is 1. The SMILES string of the molecule is Cc1ncsc1CCC(=O)N1CCOc2ccc(CN3CCN(c4ccc(F)cc4)CC3)cc2C1. The molecule has 2 aliphatic heterocycles. The molecule has 0 spiro atoms. The molecule has 3 aromatic rings. The average Bonchev–Trinajstić information content (AvgIpc) is 3.16. The number of hydrogen-bond acceptors (Lipinski definition) is 6. The second kappa shape index (κ2) is 10.7. The number of benzene rings is 2. The van der Waals surface area contributed by atoms with Crippen molar-refractivity contribution >= 4 is 22.9 Å². The van der Waals surface area contributed by atoms with E-state index in [1.807, 2.05) is 35.5 Å². The molecule has 0 unspecified atom stereocenters. The van der Waals surface area contributed by atoms with Gasteiger partial charge >= 0.3 is 0 Å². The second-order valence-corrected chi connectivity index (χ2v) is 10.1. The number of nitrogens with zero attached hydrogens (tertiary/aromatic N) is 4. The first-order chi connectivity index (χ1) is 17.0. The Kier molecular flexibility index (Phi) is 7.29. The van der Waals surface area contributed by atoms with E-state index in [1.165, 1.54) is 22.6 Å². The zero-order chi connectivity index (χ0) is 24.2. The van der Waals surface area contributed by atoms with E-state index < -0.39 is 0 Å². The molecule has 0 bridgehead atoms. The molecule has 5 rings (SSSR count). The fraction of sp³-hybridized carbons (Fsp3) is 0.407. The molecule has 8 heteroatoms. The van der Waals surface area contributed by atoms with Gasteiger partial charge < -0.3 is 14.5 Å². The lowest BCUT2D eigenvalue weighted by molar-refractivity contribution is -0.131. The molecular formula is C27H31FN4O2S. The van der Waals surface area contributed by atoms with Gasteiger partial charge in [-0.25, -0.2) is 9.37 Å². The number of hydrogen-bond donors (Lipinski definition) is 0. The quantitative estimate of drug-likeness (QED) is 0.512. The molecule has 0 radical (unpaired) electrons. The Morgan fingerprint density at radius 1 is 1.09 bits per heavy atom. The Hall–Kier alpha value is -2.97. The van der Waals surface area contributed by atoms with Crippen molar-refractivity contribution in [1.29, 1.82) is 0 Å². The summed E-state index contributed by atoms with van der Waals surface area (Å²) in [5.74, 6) is 0.842. The average molecular weight is 495 g/mol. The van der Waals surface area contributed by atoms with Gasteiger partial charge in [-0.15, -0.1) is 11.3 Å². The number of aryl methyl sites for hydroxylation is 2. The largest absolute Gasteiger partial charge is 0.491 e. The number of piperazine rings is 1. The van der Waals surface area contributed by atoms with Gasteiger partial charge in [-0.05, 0) is 55.3 Å². The summed E-state index contributed by atoms with van der Waals surface area (Å²) in [5.41, 5.74) is 6.25. The van der Waals surface area contributed by atoms with Crippen molar-refractivity contribution in [1.82, 2.24) is 14.8 Å². The number of rotatable bonds is 6. The molecule has 0 aliphatic carbocycles. The number of fused-ring (bicyclic) bond motifs is 1. The van der Waals surface area contributed by atoms with E-state index in [1.54, 1.807) is 11.3 Å². The maximum absolute atomic E-state index is 13.2. The standard InChI is InChI=1S/C27H31FN4O2S/c1-20-26(35-19-29-20)8-9-27(33)32-14-15-34-25-7-2-21(16-22(25)18-32)17-30-10-12-31(13-11-30)24-5-3-23(28)4-6-24/h2-7,16,19H,8-15,17-18H2,1H3. The summed E-state index contributed by atoms with van der Waals surface area (Å²) in [6.45, 7) is 8.31. The van der Waals surface area contributed by atoms with Gasteiger partial charge in [0.15, 0.2) is 0 Å². The van der Waals surface area contributed by atoms with Crippen molar-refractivity contribution in [3.8, 4) is 5.75 Å². The number of anilines is 1. The third-order valence-corrected chi connectivity index (χ3v) is 7.83.